The van der Waals surface area contributed by atoms with Gasteiger partial charge in [0.2, 0.25) is 5.78 Å². The van der Waals surface area contributed by atoms with Crippen molar-refractivity contribution in [3.8, 4) is 0 Å². The maximum atomic E-state index is 12.3. The molecule has 2 heterocycles. The highest BCUT2D eigenvalue weighted by Gasteiger charge is 2.30. The fourth-order valence-corrected chi connectivity index (χ4v) is 2.64. The van der Waals surface area contributed by atoms with Crippen LogP contribution in [-0.2, 0) is 4.79 Å². The van der Waals surface area contributed by atoms with Crippen LogP contribution in [0.1, 0.15) is 0 Å². The third-order valence-corrected chi connectivity index (χ3v) is 3.72. The van der Waals surface area contributed by atoms with E-state index in [0.717, 1.165) is 32.8 Å². The van der Waals surface area contributed by atoms with E-state index in [9.17, 15) is 4.79 Å². The quantitative estimate of drug-likeness (QED) is 0.370. The molecule has 2 N–H and O–H groups in total. The van der Waals surface area contributed by atoms with Crippen molar-refractivity contribution in [3.05, 3.63) is 48.5 Å². The highest BCUT2D eigenvalue weighted by atomic mass is 127. The first-order valence-corrected chi connectivity index (χ1v) is 7.07. The number of carbonyl (C=O) groups is 1. The normalized spacial score (nSPS) is 19.2. The summed E-state index contributed by atoms with van der Waals surface area (Å²) < 4.78 is 0. The van der Waals surface area contributed by atoms with Crippen molar-refractivity contribution in [3.63, 3.8) is 0 Å². The second-order valence-corrected chi connectivity index (χ2v) is 5.22. The highest BCUT2D eigenvalue weighted by Crippen LogP contribution is 2.25. The van der Waals surface area contributed by atoms with Gasteiger partial charge in [-0.2, -0.15) is 0 Å². The molecule has 4 rings (SSSR count). The molecule has 24 heavy (non-hydrogen) atoms. The first-order valence-electron chi connectivity index (χ1n) is 7.07. The van der Waals surface area contributed by atoms with Crippen molar-refractivity contribution in [2.75, 3.05) is 13.1 Å². The van der Waals surface area contributed by atoms with Crippen LogP contribution >= 0.6 is 0 Å². The van der Waals surface area contributed by atoms with E-state index in [1.807, 2.05) is 48.5 Å². The molecule has 2 atom stereocenters. The molecule has 2 aliphatic heterocycles. The zero-order valence-electron chi connectivity index (χ0n) is 12.5. The average Bonchev–Trinajstić information content (AvgIpc) is 3.13. The van der Waals surface area contributed by atoms with Crippen LogP contribution < -0.4 is 58.0 Å². The molecule has 0 aromatic heterocycles. The van der Waals surface area contributed by atoms with Crippen molar-refractivity contribution in [1.29, 1.82) is 0 Å². The summed E-state index contributed by atoms with van der Waals surface area (Å²) in [6, 6.07) is 15.3. The minimum atomic E-state index is 0. The molecule has 0 bridgehead atoms. The second-order valence-electron chi connectivity index (χ2n) is 5.22. The lowest BCUT2D eigenvalue weighted by Gasteiger charge is -2.08. The molecular formula is C15H14I2N6O. The molecule has 2 aromatic rings. The topological polar surface area (TPSA) is 75.4 Å². The number of fused-ring (bicyclic) bond motifs is 2. The summed E-state index contributed by atoms with van der Waals surface area (Å²) in [6.45, 7) is 0.531. The van der Waals surface area contributed by atoms with Crippen LogP contribution in [0.15, 0.2) is 69.2 Å². The van der Waals surface area contributed by atoms with E-state index in [1.54, 1.807) is 0 Å². The minimum Gasteiger partial charge on any atom is -1.00 e. The molecule has 124 valence electrons. The Morgan fingerprint density at radius 1 is 0.750 bits per heavy atom. The van der Waals surface area contributed by atoms with E-state index in [2.05, 4.69) is 20.7 Å². The lowest BCUT2D eigenvalue weighted by atomic mass is 10.2. The van der Waals surface area contributed by atoms with Gasteiger partial charge in [-0.25, -0.2) is 0 Å². The zero-order chi connectivity index (χ0) is 14.9. The molecule has 9 heteroatoms. The molecule has 0 amide bonds. The van der Waals surface area contributed by atoms with Gasteiger partial charge in [-0.05, 0) is 12.1 Å². The van der Waals surface area contributed by atoms with E-state index in [1.165, 1.54) is 0 Å². The van der Waals surface area contributed by atoms with E-state index < -0.39 is 0 Å². The van der Waals surface area contributed by atoms with E-state index in [0.29, 0.717) is 0 Å². The summed E-state index contributed by atoms with van der Waals surface area (Å²) in [5, 5.41) is 17.9. The Bertz CT molecular complexity index is 745. The van der Waals surface area contributed by atoms with E-state index in [-0.39, 0.29) is 66.8 Å². The Balaban J connectivity index is 0.00000104. The number of hydrogen-bond donors (Lipinski definition) is 2. The van der Waals surface area contributed by atoms with Crippen LogP contribution in [0.5, 0.6) is 0 Å². The smallest absolute Gasteiger partial charge is 0.246 e. The highest BCUT2D eigenvalue weighted by molar-refractivity contribution is 5.81. The molecule has 2 aliphatic rings. The molecule has 2 unspecified atom stereocenters. The number of nitrogens with zero attached hydrogens (tertiary/aromatic N) is 4. The summed E-state index contributed by atoms with van der Waals surface area (Å²) in [4.78, 5) is 12.3. The number of rotatable bonds is 4. The number of halogens is 2. The maximum absolute atomic E-state index is 12.3. The van der Waals surface area contributed by atoms with Crippen LogP contribution in [0.4, 0.5) is 22.7 Å². The number of Topliss-reactive ketones (excluding diaryl/α,β-unsaturated/α-hetero) is 1. The predicted molar refractivity (Wildman–Crippen MR) is 77.9 cm³/mol. The number of nitrogens with one attached hydrogen (secondary N) is 2. The number of quaternary nitrogens is 2. The molecule has 2 aromatic carbocycles. The fraction of sp³-hybridized carbons (Fsp3) is 0.133. The summed E-state index contributed by atoms with van der Waals surface area (Å²) in [5.41, 5.74) is 3.52. The van der Waals surface area contributed by atoms with Gasteiger partial charge in [-0.15, -0.1) is 10.0 Å². The number of para-hydroxylation sites is 2. The minimum absolute atomic E-state index is 0. The molecule has 0 radical (unpaired) electrons. The van der Waals surface area contributed by atoms with Crippen LogP contribution in [-0.4, -0.2) is 18.9 Å². The van der Waals surface area contributed by atoms with Crippen LogP contribution in [0.3, 0.4) is 0 Å². The zero-order valence-corrected chi connectivity index (χ0v) is 16.8. The average molecular weight is 548 g/mol. The lowest BCUT2D eigenvalue weighted by molar-refractivity contribution is -0.844. The van der Waals surface area contributed by atoms with Gasteiger partial charge in [0.05, 0.1) is 0 Å². The first-order chi connectivity index (χ1) is 10.8. The van der Waals surface area contributed by atoms with Crippen molar-refractivity contribution in [2.45, 2.75) is 0 Å². The summed E-state index contributed by atoms with van der Waals surface area (Å²) in [5.74, 6) is 0.0660. The van der Waals surface area contributed by atoms with Crippen LogP contribution in [0.2, 0.25) is 0 Å². The molecule has 0 fully saturated rings. The number of hydrogen-bond acceptors (Lipinski definition) is 5. The Morgan fingerprint density at radius 3 is 1.62 bits per heavy atom. The van der Waals surface area contributed by atoms with Crippen molar-refractivity contribution in [1.82, 2.24) is 0 Å². The van der Waals surface area contributed by atoms with Gasteiger partial charge in [0.1, 0.15) is 0 Å². The standard InChI is InChI=1S/C15H12N6O.2HI/c22-11(9-20-14-7-3-1-5-12(14)16-18-20)10-21-15-8-4-2-6-13(15)17-19-21;;/h1-8H,9-10H2;2*1H. The summed E-state index contributed by atoms with van der Waals surface area (Å²) in [6.07, 6.45) is 0. The SMILES string of the molecule is O=C(C[NH+]1N=Nc2ccccc21)C[NH+]1N=Nc2ccccc21.[I-].[I-]. The predicted octanol–water partition coefficient (Wildman–Crippen LogP) is -4.98. The van der Waals surface area contributed by atoms with E-state index >= 15 is 0 Å². The van der Waals surface area contributed by atoms with Gasteiger partial charge in [0, 0.05) is 22.6 Å². The molecule has 0 aliphatic carbocycles. The largest absolute Gasteiger partial charge is 1.00 e. The van der Waals surface area contributed by atoms with Gasteiger partial charge in [0.25, 0.3) is 0 Å². The van der Waals surface area contributed by atoms with Crippen LogP contribution in [0, 0.1) is 0 Å². The number of ketones is 1. The van der Waals surface area contributed by atoms with Crippen molar-refractivity contribution >= 4 is 28.5 Å². The van der Waals surface area contributed by atoms with Gasteiger partial charge in [-0.3, -0.25) is 4.79 Å². The Morgan fingerprint density at radius 2 is 1.17 bits per heavy atom. The molecule has 7 nitrogen and oxygen atoms in total. The monoisotopic (exact) mass is 548 g/mol. The fourth-order valence-electron chi connectivity index (χ4n) is 2.64. The molecule has 0 spiro atoms. The molecular weight excluding hydrogens is 534 g/mol. The second kappa shape index (κ2) is 8.18. The number of carbonyl (C=O) groups excluding carboxylic acids is 1. The van der Waals surface area contributed by atoms with E-state index in [4.69, 9.17) is 0 Å². The third-order valence-electron chi connectivity index (χ3n) is 3.72. The number of benzene rings is 2. The Labute approximate surface area is 172 Å². The van der Waals surface area contributed by atoms with Gasteiger partial charge in [0.15, 0.2) is 35.8 Å². The maximum Gasteiger partial charge on any atom is 0.246 e. The van der Waals surface area contributed by atoms with Crippen LogP contribution in [0.25, 0.3) is 0 Å². The summed E-state index contributed by atoms with van der Waals surface area (Å²) >= 11 is 0. The Hall–Kier alpha value is -1.31. The Kier molecular flexibility index (Phi) is 6.48. The third kappa shape index (κ3) is 3.68. The van der Waals surface area contributed by atoms with Gasteiger partial charge in [-0.1, -0.05) is 34.5 Å². The molecule has 0 saturated carbocycles. The lowest BCUT2D eigenvalue weighted by Crippen LogP contribution is -3.06. The summed E-state index contributed by atoms with van der Waals surface area (Å²) in [7, 11) is 0. The van der Waals surface area contributed by atoms with Gasteiger partial charge >= 0.3 is 0 Å². The van der Waals surface area contributed by atoms with Gasteiger partial charge < -0.3 is 48.0 Å². The van der Waals surface area contributed by atoms with Crippen molar-refractivity contribution < 1.29 is 62.8 Å². The first kappa shape index (κ1) is 19.0. The van der Waals surface area contributed by atoms with Crippen molar-refractivity contribution in [2.24, 2.45) is 20.7 Å². The molecule has 0 saturated heterocycles.